The highest BCUT2D eigenvalue weighted by molar-refractivity contribution is 5.94. The topological polar surface area (TPSA) is 153 Å². The van der Waals surface area contributed by atoms with Crippen LogP contribution in [0.4, 0.5) is 0 Å². The monoisotopic (exact) mass is 297 g/mol. The summed E-state index contributed by atoms with van der Waals surface area (Å²) in [5, 5.41) is 18.6. The van der Waals surface area contributed by atoms with Crippen molar-refractivity contribution < 1.29 is 29.3 Å². The van der Waals surface area contributed by atoms with Crippen LogP contribution in [0.25, 0.3) is 0 Å². The van der Waals surface area contributed by atoms with Crippen LogP contribution in [-0.2, 0) is 16.0 Å². The van der Waals surface area contributed by atoms with Crippen molar-refractivity contribution in [1.29, 1.82) is 0 Å². The van der Waals surface area contributed by atoms with Crippen LogP contribution in [0.5, 0.6) is 5.88 Å². The van der Waals surface area contributed by atoms with Crippen molar-refractivity contribution >= 4 is 17.8 Å². The molecule has 21 heavy (non-hydrogen) atoms. The molecule has 1 aromatic rings. The van der Waals surface area contributed by atoms with Crippen LogP contribution < -0.4 is 5.73 Å². The molecule has 1 rings (SSSR count). The third-order valence-electron chi connectivity index (χ3n) is 2.59. The normalized spacial score (nSPS) is 11.7. The Morgan fingerprint density at radius 1 is 1.33 bits per heavy atom. The number of carbonyl (C=O) groups is 3. The number of carboxylic acid groups (broad SMARTS) is 1. The Bertz CT molecular complexity index is 587. The number of rotatable bonds is 6. The molecule has 0 aliphatic heterocycles. The van der Waals surface area contributed by atoms with E-state index in [1.54, 1.807) is 6.92 Å². The highest BCUT2D eigenvalue weighted by atomic mass is 16.5. The molecule has 0 spiro atoms. The lowest BCUT2D eigenvalue weighted by atomic mass is 10.0. The van der Waals surface area contributed by atoms with E-state index in [2.05, 4.69) is 9.97 Å². The van der Waals surface area contributed by atoms with Gasteiger partial charge in [-0.1, -0.05) is 6.92 Å². The van der Waals surface area contributed by atoms with Gasteiger partial charge >= 0.3 is 11.9 Å². The molecule has 1 unspecified atom stereocenters. The zero-order chi connectivity index (χ0) is 16.2. The summed E-state index contributed by atoms with van der Waals surface area (Å²) >= 11 is 0. The molecule has 1 aromatic heterocycles. The second-order valence-corrected chi connectivity index (χ2v) is 4.22. The summed E-state index contributed by atoms with van der Waals surface area (Å²) in [5.41, 5.74) is 4.27. The molecule has 0 radical (unpaired) electrons. The number of aromatic carboxylic acids is 1. The van der Waals surface area contributed by atoms with Crippen molar-refractivity contribution in [2.45, 2.75) is 20.3 Å². The molecular formula is C12H15N3O6. The first-order chi connectivity index (χ1) is 9.77. The molecule has 0 saturated carbocycles. The molecule has 114 valence electrons. The Morgan fingerprint density at radius 2 is 1.95 bits per heavy atom. The van der Waals surface area contributed by atoms with E-state index in [4.69, 9.17) is 15.6 Å². The first-order valence-electron chi connectivity index (χ1n) is 6.07. The number of aromatic nitrogens is 2. The van der Waals surface area contributed by atoms with Crippen molar-refractivity contribution in [3.05, 3.63) is 17.1 Å². The van der Waals surface area contributed by atoms with Gasteiger partial charge in [-0.2, -0.15) is 4.98 Å². The maximum atomic E-state index is 11.6. The fraction of sp³-hybridized carbons (Fsp3) is 0.417. The Balaban J connectivity index is 3.22. The van der Waals surface area contributed by atoms with Gasteiger partial charge in [0.1, 0.15) is 5.56 Å². The van der Waals surface area contributed by atoms with Crippen molar-refractivity contribution in [1.82, 2.24) is 9.97 Å². The van der Waals surface area contributed by atoms with Crippen LogP contribution in [0.3, 0.4) is 0 Å². The summed E-state index contributed by atoms with van der Waals surface area (Å²) in [6, 6.07) is 0. The Kier molecular flexibility index (Phi) is 5.17. The van der Waals surface area contributed by atoms with E-state index in [0.717, 1.165) is 0 Å². The molecule has 0 bridgehead atoms. The molecule has 0 fully saturated rings. The molecule has 0 saturated heterocycles. The predicted molar refractivity (Wildman–Crippen MR) is 68.7 cm³/mol. The molecule has 0 aromatic carbocycles. The lowest BCUT2D eigenvalue weighted by molar-refractivity contribution is -0.147. The summed E-state index contributed by atoms with van der Waals surface area (Å²) in [6.45, 7) is 3.32. The Hall–Kier alpha value is -2.71. The van der Waals surface area contributed by atoms with Gasteiger partial charge in [-0.3, -0.25) is 9.59 Å². The Morgan fingerprint density at radius 3 is 2.43 bits per heavy atom. The number of esters is 1. The summed E-state index contributed by atoms with van der Waals surface area (Å²) in [7, 11) is 0. The van der Waals surface area contributed by atoms with Gasteiger partial charge in [-0.05, 0) is 6.92 Å². The molecule has 1 heterocycles. The van der Waals surface area contributed by atoms with E-state index in [-0.39, 0.29) is 18.7 Å². The molecule has 0 aliphatic rings. The van der Waals surface area contributed by atoms with Gasteiger partial charge in [-0.15, -0.1) is 0 Å². The molecule has 1 amide bonds. The third kappa shape index (κ3) is 3.88. The van der Waals surface area contributed by atoms with E-state index in [1.807, 2.05) is 0 Å². The minimum absolute atomic E-state index is 0.142. The molecule has 9 nitrogen and oxygen atoms in total. The van der Waals surface area contributed by atoms with E-state index >= 15 is 0 Å². The number of hydrogen-bond acceptors (Lipinski definition) is 7. The van der Waals surface area contributed by atoms with E-state index in [1.165, 1.54) is 6.92 Å². The summed E-state index contributed by atoms with van der Waals surface area (Å²) in [6.07, 6.45) is -0.142. The molecule has 0 aliphatic carbocycles. The largest absolute Gasteiger partial charge is 0.493 e. The number of primary amides is 1. The van der Waals surface area contributed by atoms with E-state index in [0.29, 0.717) is 0 Å². The van der Waals surface area contributed by atoms with Gasteiger partial charge in [0.15, 0.2) is 0 Å². The maximum absolute atomic E-state index is 11.6. The number of carboxylic acids is 1. The zero-order valence-electron chi connectivity index (χ0n) is 11.5. The zero-order valence-corrected chi connectivity index (χ0v) is 11.5. The average Bonchev–Trinajstić information content (AvgIpc) is 2.37. The SMILES string of the molecule is CCOC(=O)C(C)Cc1nc(C(N)=O)nc(O)c1C(=O)O. The second kappa shape index (κ2) is 6.64. The minimum atomic E-state index is -1.48. The van der Waals surface area contributed by atoms with Gasteiger partial charge in [0.25, 0.3) is 5.91 Å². The molecule has 1 atom stereocenters. The summed E-state index contributed by atoms with van der Waals surface area (Å²) in [4.78, 5) is 40.8. The van der Waals surface area contributed by atoms with Crippen LogP contribution in [0.2, 0.25) is 0 Å². The van der Waals surface area contributed by atoms with Gasteiger partial charge in [0.2, 0.25) is 11.7 Å². The number of carbonyl (C=O) groups excluding carboxylic acids is 2. The van der Waals surface area contributed by atoms with Crippen molar-refractivity contribution in [3.63, 3.8) is 0 Å². The number of amides is 1. The van der Waals surface area contributed by atoms with Crippen LogP contribution in [0, 0.1) is 5.92 Å². The van der Waals surface area contributed by atoms with E-state index < -0.39 is 41.0 Å². The first-order valence-corrected chi connectivity index (χ1v) is 6.07. The van der Waals surface area contributed by atoms with Crippen LogP contribution in [0.15, 0.2) is 0 Å². The number of ether oxygens (including phenoxy) is 1. The number of aromatic hydroxyl groups is 1. The Labute approximate surface area is 119 Å². The predicted octanol–water partition coefficient (Wildman–Crippen LogP) is -0.279. The van der Waals surface area contributed by atoms with Crippen LogP contribution in [0.1, 0.15) is 40.5 Å². The number of nitrogens with zero attached hydrogens (tertiary/aromatic N) is 2. The highest BCUT2D eigenvalue weighted by Gasteiger charge is 2.25. The fourth-order valence-corrected chi connectivity index (χ4v) is 1.63. The number of hydrogen-bond donors (Lipinski definition) is 3. The minimum Gasteiger partial charge on any atom is -0.493 e. The van der Waals surface area contributed by atoms with E-state index in [9.17, 15) is 19.5 Å². The van der Waals surface area contributed by atoms with Crippen molar-refractivity contribution in [3.8, 4) is 5.88 Å². The van der Waals surface area contributed by atoms with Gasteiger partial charge in [0.05, 0.1) is 18.2 Å². The summed E-state index contributed by atoms with van der Waals surface area (Å²) < 4.78 is 4.80. The standard InChI is InChI=1S/C12H15N3O6/c1-3-21-12(20)5(2)4-6-7(11(18)19)10(17)15-9(14-6)8(13)16/h5H,3-4H2,1-2H3,(H2,13,16)(H,18,19)(H,14,15,17). The highest BCUT2D eigenvalue weighted by Crippen LogP contribution is 2.21. The van der Waals surface area contributed by atoms with Gasteiger partial charge < -0.3 is 20.7 Å². The smallest absolute Gasteiger partial charge is 0.343 e. The summed E-state index contributed by atoms with van der Waals surface area (Å²) in [5.74, 6) is -5.16. The van der Waals surface area contributed by atoms with Crippen molar-refractivity contribution in [2.75, 3.05) is 6.61 Å². The fourth-order valence-electron chi connectivity index (χ4n) is 1.63. The lowest BCUT2D eigenvalue weighted by Gasteiger charge is -2.12. The van der Waals surface area contributed by atoms with Crippen LogP contribution >= 0.6 is 0 Å². The number of nitrogens with two attached hydrogens (primary N) is 1. The second-order valence-electron chi connectivity index (χ2n) is 4.22. The molecule has 4 N–H and O–H groups in total. The quantitative estimate of drug-likeness (QED) is 0.606. The maximum Gasteiger partial charge on any atom is 0.343 e. The van der Waals surface area contributed by atoms with Crippen LogP contribution in [-0.4, -0.2) is 44.6 Å². The average molecular weight is 297 g/mol. The first kappa shape index (κ1) is 16.3. The third-order valence-corrected chi connectivity index (χ3v) is 2.59. The van der Waals surface area contributed by atoms with Gasteiger partial charge in [-0.25, -0.2) is 9.78 Å². The van der Waals surface area contributed by atoms with Gasteiger partial charge in [0, 0.05) is 6.42 Å². The van der Waals surface area contributed by atoms with Crippen molar-refractivity contribution in [2.24, 2.45) is 11.7 Å². The molecule has 9 heteroatoms. The lowest BCUT2D eigenvalue weighted by Crippen LogP contribution is -2.22. The molecular weight excluding hydrogens is 282 g/mol.